The standard InChI is InChI=1S/C14H10Cl3N/c15-7-4-9-13-8(2-1-3-11(13)16)10(6-18)14(9)12(17)5-7/h1-5,10H,6,18H2. The lowest BCUT2D eigenvalue weighted by atomic mass is 9.97. The molecule has 2 aromatic carbocycles. The van der Waals surface area contributed by atoms with Gasteiger partial charge in [-0.05, 0) is 34.9 Å². The first-order valence-corrected chi connectivity index (χ1v) is 6.74. The number of hydrogen-bond acceptors (Lipinski definition) is 1. The first-order chi connectivity index (χ1) is 8.63. The van der Waals surface area contributed by atoms with E-state index in [4.69, 9.17) is 40.5 Å². The molecule has 0 bridgehead atoms. The molecule has 3 rings (SSSR count). The molecule has 92 valence electrons. The van der Waals surface area contributed by atoms with Crippen LogP contribution >= 0.6 is 34.8 Å². The molecule has 0 spiro atoms. The Balaban J connectivity index is 2.39. The van der Waals surface area contributed by atoms with E-state index in [9.17, 15) is 0 Å². The molecule has 2 aromatic rings. The van der Waals surface area contributed by atoms with Gasteiger partial charge in [-0.2, -0.15) is 0 Å². The first kappa shape index (κ1) is 12.3. The summed E-state index contributed by atoms with van der Waals surface area (Å²) >= 11 is 18.7. The third-order valence-electron chi connectivity index (χ3n) is 3.37. The van der Waals surface area contributed by atoms with E-state index in [2.05, 4.69) is 0 Å². The smallest absolute Gasteiger partial charge is 0.0487 e. The number of halogens is 3. The molecule has 0 saturated carbocycles. The highest BCUT2D eigenvalue weighted by Crippen LogP contribution is 2.50. The number of rotatable bonds is 1. The lowest BCUT2D eigenvalue weighted by molar-refractivity contribution is 0.841. The topological polar surface area (TPSA) is 26.0 Å². The maximum absolute atomic E-state index is 6.31. The van der Waals surface area contributed by atoms with Crippen molar-refractivity contribution in [2.45, 2.75) is 5.92 Å². The van der Waals surface area contributed by atoms with E-state index in [1.807, 2.05) is 24.3 Å². The SMILES string of the molecule is NCC1c2cccc(Cl)c2-c2cc(Cl)cc(Cl)c21. The van der Waals surface area contributed by atoms with Crippen molar-refractivity contribution in [2.24, 2.45) is 5.73 Å². The van der Waals surface area contributed by atoms with Gasteiger partial charge in [-0.1, -0.05) is 46.9 Å². The molecule has 0 amide bonds. The Morgan fingerprint density at radius 2 is 1.83 bits per heavy atom. The second kappa shape index (κ2) is 4.43. The lowest BCUT2D eigenvalue weighted by Gasteiger charge is -2.12. The van der Waals surface area contributed by atoms with Gasteiger partial charge in [-0.15, -0.1) is 0 Å². The van der Waals surface area contributed by atoms with Crippen LogP contribution in [-0.4, -0.2) is 6.54 Å². The Kier molecular flexibility index (Phi) is 3.03. The van der Waals surface area contributed by atoms with E-state index in [1.165, 1.54) is 0 Å². The van der Waals surface area contributed by atoms with Gasteiger partial charge in [0, 0.05) is 33.1 Å². The summed E-state index contributed by atoms with van der Waals surface area (Å²) in [6, 6.07) is 9.51. The molecule has 4 heteroatoms. The third kappa shape index (κ3) is 1.66. The minimum absolute atomic E-state index is 0.0958. The first-order valence-electron chi connectivity index (χ1n) is 5.61. The highest BCUT2D eigenvalue weighted by Gasteiger charge is 2.31. The molecule has 0 saturated heterocycles. The van der Waals surface area contributed by atoms with Crippen LogP contribution in [-0.2, 0) is 0 Å². The van der Waals surface area contributed by atoms with Crippen LogP contribution < -0.4 is 5.73 Å². The van der Waals surface area contributed by atoms with E-state index >= 15 is 0 Å². The molecule has 1 nitrogen and oxygen atoms in total. The summed E-state index contributed by atoms with van der Waals surface area (Å²) in [5.41, 5.74) is 10.1. The molecule has 0 fully saturated rings. The fourth-order valence-corrected chi connectivity index (χ4v) is 3.57. The van der Waals surface area contributed by atoms with Gasteiger partial charge in [-0.3, -0.25) is 0 Å². The summed E-state index contributed by atoms with van der Waals surface area (Å²) in [6.45, 7) is 0.502. The second-order valence-corrected chi connectivity index (χ2v) is 5.59. The highest BCUT2D eigenvalue weighted by molar-refractivity contribution is 6.37. The van der Waals surface area contributed by atoms with Crippen molar-refractivity contribution in [3.8, 4) is 11.1 Å². The van der Waals surface area contributed by atoms with Crippen LogP contribution in [0.25, 0.3) is 11.1 Å². The average molecular weight is 299 g/mol. The van der Waals surface area contributed by atoms with Crippen molar-refractivity contribution >= 4 is 34.8 Å². The molecule has 1 aliphatic carbocycles. The van der Waals surface area contributed by atoms with Gasteiger partial charge >= 0.3 is 0 Å². The zero-order valence-corrected chi connectivity index (χ0v) is 11.7. The monoisotopic (exact) mass is 297 g/mol. The summed E-state index contributed by atoms with van der Waals surface area (Å²) in [4.78, 5) is 0. The summed E-state index contributed by atoms with van der Waals surface area (Å²) in [6.07, 6.45) is 0. The fourth-order valence-electron chi connectivity index (χ4n) is 2.66. The molecule has 1 unspecified atom stereocenters. The molecule has 1 aliphatic rings. The van der Waals surface area contributed by atoms with Crippen molar-refractivity contribution in [3.63, 3.8) is 0 Å². The van der Waals surface area contributed by atoms with Crippen LogP contribution in [0.3, 0.4) is 0 Å². The van der Waals surface area contributed by atoms with Crippen LogP contribution in [0.5, 0.6) is 0 Å². The molecular weight excluding hydrogens is 289 g/mol. The van der Waals surface area contributed by atoms with Gasteiger partial charge in [0.2, 0.25) is 0 Å². The fraction of sp³-hybridized carbons (Fsp3) is 0.143. The van der Waals surface area contributed by atoms with Crippen LogP contribution in [0.4, 0.5) is 0 Å². The molecule has 0 aromatic heterocycles. The number of fused-ring (bicyclic) bond motifs is 3. The van der Waals surface area contributed by atoms with Gasteiger partial charge in [0.25, 0.3) is 0 Å². The van der Waals surface area contributed by atoms with E-state index in [0.717, 1.165) is 22.3 Å². The van der Waals surface area contributed by atoms with Gasteiger partial charge in [0.15, 0.2) is 0 Å². The predicted octanol–water partition coefficient (Wildman–Crippen LogP) is 4.72. The Labute approximate surface area is 120 Å². The Hall–Kier alpha value is -0.730. The van der Waals surface area contributed by atoms with E-state index in [0.29, 0.717) is 21.6 Å². The largest absolute Gasteiger partial charge is 0.330 e. The minimum atomic E-state index is 0.0958. The summed E-state index contributed by atoms with van der Waals surface area (Å²) in [7, 11) is 0. The maximum atomic E-state index is 6.31. The number of hydrogen-bond donors (Lipinski definition) is 1. The summed E-state index contributed by atoms with van der Waals surface area (Å²) in [5, 5.41) is 1.98. The predicted molar refractivity (Wildman–Crippen MR) is 77.8 cm³/mol. The van der Waals surface area contributed by atoms with E-state index in [1.54, 1.807) is 6.07 Å². The second-order valence-electron chi connectivity index (χ2n) is 4.34. The van der Waals surface area contributed by atoms with Crippen molar-refractivity contribution in [1.29, 1.82) is 0 Å². The highest BCUT2D eigenvalue weighted by atomic mass is 35.5. The van der Waals surface area contributed by atoms with E-state index in [-0.39, 0.29) is 5.92 Å². The number of benzene rings is 2. The lowest BCUT2D eigenvalue weighted by Crippen LogP contribution is -2.11. The molecule has 0 aliphatic heterocycles. The molecule has 18 heavy (non-hydrogen) atoms. The van der Waals surface area contributed by atoms with Gasteiger partial charge < -0.3 is 5.73 Å². The van der Waals surface area contributed by atoms with Crippen LogP contribution in [0, 0.1) is 0 Å². The molecule has 1 atom stereocenters. The van der Waals surface area contributed by atoms with Crippen molar-refractivity contribution in [3.05, 3.63) is 56.5 Å². The number of nitrogens with two attached hydrogens (primary N) is 1. The minimum Gasteiger partial charge on any atom is -0.330 e. The Bertz CT molecular complexity index is 637. The van der Waals surface area contributed by atoms with Gasteiger partial charge in [0.05, 0.1) is 0 Å². The van der Waals surface area contributed by atoms with E-state index < -0.39 is 0 Å². The molecular formula is C14H10Cl3N. The summed E-state index contributed by atoms with van der Waals surface area (Å²) in [5.74, 6) is 0.0958. The zero-order valence-electron chi connectivity index (χ0n) is 9.38. The normalized spacial score (nSPS) is 16.6. The Morgan fingerprint density at radius 1 is 1.06 bits per heavy atom. The van der Waals surface area contributed by atoms with Crippen LogP contribution in [0.2, 0.25) is 15.1 Å². The summed E-state index contributed by atoms with van der Waals surface area (Å²) < 4.78 is 0. The van der Waals surface area contributed by atoms with Gasteiger partial charge in [-0.25, -0.2) is 0 Å². The van der Waals surface area contributed by atoms with Crippen LogP contribution in [0.1, 0.15) is 17.0 Å². The quantitative estimate of drug-likeness (QED) is 0.810. The van der Waals surface area contributed by atoms with Crippen molar-refractivity contribution in [2.75, 3.05) is 6.54 Å². The molecule has 2 N–H and O–H groups in total. The third-order valence-corrected chi connectivity index (χ3v) is 4.21. The zero-order chi connectivity index (χ0) is 12.9. The molecule has 0 radical (unpaired) electrons. The maximum Gasteiger partial charge on any atom is 0.0487 e. The average Bonchev–Trinajstić information content (AvgIpc) is 2.64. The van der Waals surface area contributed by atoms with Gasteiger partial charge in [0.1, 0.15) is 0 Å². The van der Waals surface area contributed by atoms with Crippen LogP contribution in [0.15, 0.2) is 30.3 Å². The molecule has 0 heterocycles. The van der Waals surface area contributed by atoms with Crippen molar-refractivity contribution < 1.29 is 0 Å². The Morgan fingerprint density at radius 3 is 2.56 bits per heavy atom. The van der Waals surface area contributed by atoms with Crippen molar-refractivity contribution in [1.82, 2.24) is 0 Å².